The van der Waals surface area contributed by atoms with Crippen LogP contribution < -0.4 is 0 Å². The summed E-state index contributed by atoms with van der Waals surface area (Å²) in [5.41, 5.74) is 10.0. The quantitative estimate of drug-likeness (QED) is 0.179. The van der Waals surface area contributed by atoms with Gasteiger partial charge in [-0.2, -0.15) is 0 Å². The Labute approximate surface area is 247 Å². The maximum absolute atomic E-state index is 4.32. The highest BCUT2D eigenvalue weighted by molar-refractivity contribution is 5.51. The Balaban J connectivity index is 1.51. The van der Waals surface area contributed by atoms with E-state index in [2.05, 4.69) is 144 Å². The third-order valence-electron chi connectivity index (χ3n) is 10.1. The van der Waals surface area contributed by atoms with Crippen molar-refractivity contribution in [1.29, 1.82) is 0 Å². The lowest BCUT2D eigenvalue weighted by molar-refractivity contribution is 0.562. The first-order chi connectivity index (χ1) is 20.1. The maximum Gasteiger partial charge on any atom is 0.0724 e. The van der Waals surface area contributed by atoms with Gasteiger partial charge in [-0.1, -0.05) is 0 Å². The number of fused-ring (bicyclic) bond motifs is 8. The van der Waals surface area contributed by atoms with Crippen LogP contribution in [-0.4, -0.2) is 29.9 Å². The molecule has 0 atom stereocenters. The second-order valence-corrected chi connectivity index (χ2v) is 13.1. The van der Waals surface area contributed by atoms with Crippen LogP contribution in [0.3, 0.4) is 0 Å². The van der Waals surface area contributed by atoms with Gasteiger partial charge in [-0.05, 0) is 125 Å². The van der Waals surface area contributed by atoms with Crippen molar-refractivity contribution in [2.45, 2.75) is 63.2 Å². The molecule has 6 heteroatoms. The van der Waals surface area contributed by atoms with E-state index in [9.17, 15) is 0 Å². The topological polar surface area (TPSA) is 88.9 Å². The highest BCUT2D eigenvalue weighted by atomic mass is 14.9. The molecule has 6 nitrogen and oxygen atoms in total. The van der Waals surface area contributed by atoms with Gasteiger partial charge >= 0.3 is 0 Å². The zero-order valence-corrected chi connectivity index (χ0v) is 25.1. The number of nitrogens with one attached hydrogen (secondary N) is 4. The molecule has 7 heterocycles. The lowest BCUT2D eigenvalue weighted by atomic mass is 9.77. The Morgan fingerprint density at radius 2 is 0.595 bits per heavy atom. The number of rotatable bonds is 2. The van der Waals surface area contributed by atoms with Crippen molar-refractivity contribution < 1.29 is 0 Å². The molecule has 4 N–H and O–H groups in total. The summed E-state index contributed by atoms with van der Waals surface area (Å²) >= 11 is 0. The third-order valence-corrected chi connectivity index (χ3v) is 10.1. The third kappa shape index (κ3) is 3.64. The summed E-state index contributed by atoms with van der Waals surface area (Å²) in [6.45, 7) is 13.7. The van der Waals surface area contributed by atoms with Gasteiger partial charge in [0.1, 0.15) is 0 Å². The molecule has 0 unspecified atom stereocenters. The smallest absolute Gasteiger partial charge is 0.0724 e. The predicted octanol–water partition coefficient (Wildman–Crippen LogP) is 7.46. The first kappa shape index (κ1) is 26.3. The van der Waals surface area contributed by atoms with Crippen LogP contribution in [0.1, 0.15) is 98.2 Å². The van der Waals surface area contributed by atoms with E-state index in [4.69, 9.17) is 0 Å². The van der Waals surface area contributed by atoms with Crippen LogP contribution in [0.4, 0.5) is 0 Å². The monoisotopic (exact) mass is 554 g/mol. The van der Waals surface area contributed by atoms with Crippen LogP contribution >= 0.6 is 0 Å². The number of aromatic nitrogens is 6. The molecular weight excluding hydrogens is 516 g/mol. The number of aromatic amines is 4. The van der Waals surface area contributed by atoms with E-state index < -0.39 is 10.8 Å². The molecule has 0 aromatic carbocycles. The second-order valence-electron chi connectivity index (χ2n) is 13.1. The minimum atomic E-state index is -0.440. The summed E-state index contributed by atoms with van der Waals surface area (Å²) in [7, 11) is 0. The highest BCUT2D eigenvalue weighted by Gasteiger charge is 2.40. The Bertz CT molecular complexity index is 1630. The summed E-state index contributed by atoms with van der Waals surface area (Å²) in [5.74, 6) is 0. The van der Waals surface area contributed by atoms with Crippen molar-refractivity contribution in [3.63, 3.8) is 0 Å². The fraction of sp³-hybridized carbons (Fsp3) is 0.278. The largest absolute Gasteiger partial charge is 0.360 e. The van der Waals surface area contributed by atoms with Gasteiger partial charge in [0.2, 0.25) is 0 Å². The minimum absolute atomic E-state index is 0.296. The Hall–Kier alpha value is -4.58. The Morgan fingerprint density at radius 1 is 0.357 bits per heavy atom. The molecule has 1 aliphatic heterocycles. The molecule has 212 valence electrons. The molecule has 8 bridgehead atoms. The molecule has 42 heavy (non-hydrogen) atoms. The van der Waals surface area contributed by atoms with E-state index in [1.165, 1.54) is 11.1 Å². The van der Waals surface area contributed by atoms with E-state index in [0.29, 0.717) is 0 Å². The van der Waals surface area contributed by atoms with E-state index in [0.717, 1.165) is 45.6 Å². The number of pyridine rings is 2. The number of H-pyrrole nitrogens is 4. The van der Waals surface area contributed by atoms with E-state index in [1.807, 2.05) is 24.8 Å². The van der Waals surface area contributed by atoms with Gasteiger partial charge in [0.05, 0.1) is 10.8 Å². The van der Waals surface area contributed by atoms with E-state index in [-0.39, 0.29) is 10.8 Å². The van der Waals surface area contributed by atoms with Gasteiger partial charge in [0.25, 0.3) is 0 Å². The standard InChI is InChI=1S/C36H38N6/c1-33(2)25-7-11-29(39-25)35(5,23-15-19-37-20-16-23)31-13-9-27(41-31)34(3,4)28-10-14-32(42-28)36(6,24-17-21-38-22-18-24)30-12-8-26(33)40-30/h7-22,39-42H,1-6H3. The van der Waals surface area contributed by atoms with Gasteiger partial charge in [-0.15, -0.1) is 0 Å². The summed E-state index contributed by atoms with van der Waals surface area (Å²) < 4.78 is 0. The van der Waals surface area contributed by atoms with Crippen LogP contribution in [0.15, 0.2) is 97.6 Å². The van der Waals surface area contributed by atoms with Crippen molar-refractivity contribution in [3.05, 3.63) is 154 Å². The number of nitrogens with zero attached hydrogens (tertiary/aromatic N) is 2. The minimum Gasteiger partial charge on any atom is -0.360 e. The normalized spacial score (nSPS) is 22.6. The van der Waals surface area contributed by atoms with Crippen LogP contribution in [0.25, 0.3) is 0 Å². The molecule has 0 saturated heterocycles. The average molecular weight is 555 g/mol. The molecule has 0 spiro atoms. The predicted molar refractivity (Wildman–Crippen MR) is 167 cm³/mol. The molecule has 7 rings (SSSR count). The molecule has 6 aromatic rings. The van der Waals surface area contributed by atoms with Crippen molar-refractivity contribution >= 4 is 0 Å². The molecule has 1 aliphatic rings. The average Bonchev–Trinajstić information content (AvgIpc) is 3.83. The molecule has 0 radical (unpaired) electrons. The molecule has 6 aromatic heterocycles. The van der Waals surface area contributed by atoms with Gasteiger partial charge < -0.3 is 19.9 Å². The van der Waals surface area contributed by atoms with Gasteiger partial charge in [-0.3, -0.25) is 9.97 Å². The first-order valence-corrected chi connectivity index (χ1v) is 14.7. The fourth-order valence-electron chi connectivity index (χ4n) is 6.78. The van der Waals surface area contributed by atoms with Crippen LogP contribution in [0.5, 0.6) is 0 Å². The maximum atomic E-state index is 4.32. The van der Waals surface area contributed by atoms with Crippen molar-refractivity contribution in [2.75, 3.05) is 0 Å². The lowest BCUT2D eigenvalue weighted by Gasteiger charge is -2.32. The summed E-state index contributed by atoms with van der Waals surface area (Å²) in [4.78, 5) is 24.1. The van der Waals surface area contributed by atoms with E-state index in [1.54, 1.807) is 0 Å². The van der Waals surface area contributed by atoms with E-state index >= 15 is 0 Å². The van der Waals surface area contributed by atoms with Crippen molar-refractivity contribution in [1.82, 2.24) is 29.9 Å². The molecular formula is C36H38N6. The van der Waals surface area contributed by atoms with Gasteiger partial charge in [0, 0.05) is 81.2 Å². The summed E-state index contributed by atoms with van der Waals surface area (Å²) in [5, 5.41) is 0. The SMILES string of the molecule is CC1(C)c2ccc([nH]2)C(C)(c2ccncc2)c2ccc([nH]2)C(C)(C)c2ccc([nH]2)C(C)(c2ccncc2)c2ccc1[nH]2. The summed E-state index contributed by atoms with van der Waals surface area (Å²) in [6.07, 6.45) is 7.51. The lowest BCUT2D eigenvalue weighted by Crippen LogP contribution is -2.29. The summed E-state index contributed by atoms with van der Waals surface area (Å²) in [6, 6.07) is 26.4. The molecule has 0 aliphatic carbocycles. The van der Waals surface area contributed by atoms with Gasteiger partial charge in [0.15, 0.2) is 0 Å². The fourth-order valence-corrected chi connectivity index (χ4v) is 6.78. The molecule has 0 fully saturated rings. The first-order valence-electron chi connectivity index (χ1n) is 14.7. The van der Waals surface area contributed by atoms with Crippen molar-refractivity contribution in [2.24, 2.45) is 0 Å². The van der Waals surface area contributed by atoms with Gasteiger partial charge in [-0.25, -0.2) is 0 Å². The highest BCUT2D eigenvalue weighted by Crippen LogP contribution is 2.44. The molecule has 0 saturated carbocycles. The van der Waals surface area contributed by atoms with Crippen LogP contribution in [-0.2, 0) is 21.7 Å². The zero-order valence-electron chi connectivity index (χ0n) is 25.1. The van der Waals surface area contributed by atoms with Crippen LogP contribution in [0, 0.1) is 0 Å². The Morgan fingerprint density at radius 3 is 0.857 bits per heavy atom. The molecule has 0 amide bonds. The second kappa shape index (κ2) is 8.96. The number of hydrogen-bond donors (Lipinski definition) is 4. The van der Waals surface area contributed by atoms with Crippen molar-refractivity contribution in [3.8, 4) is 0 Å². The number of hydrogen-bond acceptors (Lipinski definition) is 2. The van der Waals surface area contributed by atoms with Crippen LogP contribution in [0.2, 0.25) is 0 Å². The Kier molecular flexibility index (Phi) is 5.62. The zero-order chi connectivity index (χ0) is 29.3.